The highest BCUT2D eigenvalue weighted by atomic mass is 35.5. The molecule has 0 spiro atoms. The van der Waals surface area contributed by atoms with Crippen LogP contribution in [0.3, 0.4) is 0 Å². The highest BCUT2D eigenvalue weighted by molar-refractivity contribution is 7.93. The van der Waals surface area contributed by atoms with Crippen LogP contribution in [0.1, 0.15) is 12.8 Å². The zero-order chi connectivity index (χ0) is 11.3. The first-order chi connectivity index (χ1) is 6.81. The number of fused-ring (bicyclic) bond motifs is 1. The van der Waals surface area contributed by atoms with Crippen molar-refractivity contribution in [2.45, 2.75) is 23.8 Å². The quantitative estimate of drug-likeness (QED) is 0.723. The predicted octanol–water partition coefficient (Wildman–Crippen LogP) is 1.14. The van der Waals surface area contributed by atoms with Crippen LogP contribution in [0.5, 0.6) is 0 Å². The van der Waals surface area contributed by atoms with Crippen molar-refractivity contribution in [3.05, 3.63) is 0 Å². The lowest BCUT2D eigenvalue weighted by Gasteiger charge is -2.39. The van der Waals surface area contributed by atoms with Gasteiger partial charge in [-0.2, -0.15) is 13.2 Å². The molecular formula is C8H13ClF3NO2S. The second-order valence-corrected chi connectivity index (χ2v) is 6.54. The summed E-state index contributed by atoms with van der Waals surface area (Å²) in [5, 5.41) is 2.57. The van der Waals surface area contributed by atoms with Gasteiger partial charge in [0, 0.05) is 12.5 Å². The minimum Gasteiger partial charge on any atom is -0.314 e. The summed E-state index contributed by atoms with van der Waals surface area (Å²) >= 11 is 0. The van der Waals surface area contributed by atoms with Crippen LogP contribution < -0.4 is 5.32 Å². The molecule has 0 aliphatic carbocycles. The molecule has 2 aliphatic rings. The highest BCUT2D eigenvalue weighted by Crippen LogP contribution is 2.49. The maximum Gasteiger partial charge on any atom is 0.409 e. The van der Waals surface area contributed by atoms with Crippen molar-refractivity contribution in [1.82, 2.24) is 5.32 Å². The lowest BCUT2D eigenvalue weighted by Crippen LogP contribution is -2.60. The van der Waals surface area contributed by atoms with Crippen LogP contribution in [-0.2, 0) is 9.84 Å². The molecule has 2 aliphatic heterocycles. The van der Waals surface area contributed by atoms with E-state index in [1.54, 1.807) is 0 Å². The van der Waals surface area contributed by atoms with Gasteiger partial charge in [0.05, 0.1) is 5.75 Å². The number of nitrogens with one attached hydrogen (secondary N) is 1. The van der Waals surface area contributed by atoms with Gasteiger partial charge < -0.3 is 5.32 Å². The number of sulfone groups is 1. The summed E-state index contributed by atoms with van der Waals surface area (Å²) in [7, 11) is -4.07. The average molecular weight is 280 g/mol. The minimum atomic E-state index is -4.67. The second kappa shape index (κ2) is 4.03. The molecule has 0 aromatic heterocycles. The molecule has 8 heteroatoms. The van der Waals surface area contributed by atoms with E-state index in [1.165, 1.54) is 0 Å². The molecule has 2 unspecified atom stereocenters. The van der Waals surface area contributed by atoms with E-state index in [4.69, 9.17) is 0 Å². The smallest absolute Gasteiger partial charge is 0.314 e. The van der Waals surface area contributed by atoms with E-state index in [0.717, 1.165) is 0 Å². The third kappa shape index (κ3) is 1.64. The van der Waals surface area contributed by atoms with Crippen LogP contribution in [0.25, 0.3) is 0 Å². The number of rotatable bonds is 0. The summed E-state index contributed by atoms with van der Waals surface area (Å²) < 4.78 is 59.7. The van der Waals surface area contributed by atoms with Crippen molar-refractivity contribution in [1.29, 1.82) is 0 Å². The van der Waals surface area contributed by atoms with Crippen molar-refractivity contribution in [2.24, 2.45) is 5.92 Å². The molecule has 2 heterocycles. The van der Waals surface area contributed by atoms with E-state index in [1.807, 2.05) is 0 Å². The molecule has 0 saturated carbocycles. The van der Waals surface area contributed by atoms with Crippen molar-refractivity contribution in [3.63, 3.8) is 0 Å². The van der Waals surface area contributed by atoms with Gasteiger partial charge in [-0.15, -0.1) is 12.4 Å². The van der Waals surface area contributed by atoms with Crippen LogP contribution in [-0.4, -0.2) is 38.2 Å². The van der Waals surface area contributed by atoms with Gasteiger partial charge in [0.1, 0.15) is 0 Å². The normalized spacial score (nSPS) is 37.6. The number of halogens is 4. The fourth-order valence-electron chi connectivity index (χ4n) is 2.65. The Morgan fingerprint density at radius 3 is 2.44 bits per heavy atom. The molecule has 3 nitrogen and oxygen atoms in total. The molecule has 1 N–H and O–H groups in total. The Morgan fingerprint density at radius 2 is 1.94 bits per heavy atom. The van der Waals surface area contributed by atoms with Gasteiger partial charge in [0.25, 0.3) is 0 Å². The summed E-state index contributed by atoms with van der Waals surface area (Å²) in [6.45, 7) is -0.331. The first kappa shape index (κ1) is 14.1. The van der Waals surface area contributed by atoms with E-state index in [2.05, 4.69) is 5.32 Å². The first-order valence-corrected chi connectivity index (χ1v) is 6.46. The Hall–Kier alpha value is -0.0100. The average Bonchev–Trinajstić information content (AvgIpc) is 2.47. The van der Waals surface area contributed by atoms with Crippen molar-refractivity contribution in [2.75, 3.05) is 18.8 Å². The molecule has 2 saturated heterocycles. The summed E-state index contributed by atoms with van der Waals surface area (Å²) in [5.74, 6) is -1.15. The number of hydrogen-bond donors (Lipinski definition) is 1. The van der Waals surface area contributed by atoms with Gasteiger partial charge in [-0.3, -0.25) is 0 Å². The van der Waals surface area contributed by atoms with E-state index >= 15 is 0 Å². The van der Waals surface area contributed by atoms with E-state index in [-0.39, 0.29) is 24.7 Å². The van der Waals surface area contributed by atoms with E-state index in [0.29, 0.717) is 12.8 Å². The third-order valence-corrected chi connectivity index (χ3v) is 6.08. The lowest BCUT2D eigenvalue weighted by molar-refractivity contribution is -0.167. The zero-order valence-corrected chi connectivity index (χ0v) is 10.0. The van der Waals surface area contributed by atoms with Crippen LogP contribution in [0.15, 0.2) is 0 Å². The molecular weight excluding hydrogens is 267 g/mol. The highest BCUT2D eigenvalue weighted by Gasteiger charge is 2.69. The molecule has 2 fully saturated rings. The van der Waals surface area contributed by atoms with Crippen LogP contribution in [0.2, 0.25) is 0 Å². The lowest BCUT2D eigenvalue weighted by atomic mass is 9.90. The molecule has 2 atom stereocenters. The second-order valence-electron chi connectivity index (χ2n) is 4.18. The summed E-state index contributed by atoms with van der Waals surface area (Å²) in [6.07, 6.45) is -3.99. The van der Waals surface area contributed by atoms with Gasteiger partial charge in [0.2, 0.25) is 0 Å². The Labute approximate surface area is 98.1 Å². The first-order valence-electron chi connectivity index (χ1n) is 4.81. The van der Waals surface area contributed by atoms with Crippen LogP contribution in [0.4, 0.5) is 13.2 Å². The fraction of sp³-hybridized carbons (Fsp3) is 1.00. The maximum atomic E-state index is 13.0. The molecule has 96 valence electrons. The summed E-state index contributed by atoms with van der Waals surface area (Å²) in [6, 6.07) is 0. The molecule has 2 rings (SSSR count). The van der Waals surface area contributed by atoms with Crippen LogP contribution in [0, 0.1) is 5.92 Å². The zero-order valence-electron chi connectivity index (χ0n) is 8.38. The Kier molecular flexibility index (Phi) is 3.54. The van der Waals surface area contributed by atoms with Gasteiger partial charge in [-0.25, -0.2) is 8.42 Å². The molecule has 0 bridgehead atoms. The number of alkyl halides is 3. The standard InChI is InChI=1S/C8H12F3NO2S.ClH/c9-8(10,11)7-5-12-4-6(7)2-1-3-15(7,13)14;/h6,12H,1-5H2;1H. The minimum absolute atomic E-state index is 0. The van der Waals surface area contributed by atoms with Gasteiger partial charge in [-0.05, 0) is 19.4 Å². The SMILES string of the molecule is Cl.O=S1(=O)CCCC2CNCC21C(F)(F)F. The van der Waals surface area contributed by atoms with E-state index < -0.39 is 33.2 Å². The Bertz CT molecular complexity index is 370. The number of hydrogen-bond acceptors (Lipinski definition) is 3. The summed E-state index contributed by atoms with van der Waals surface area (Å²) in [4.78, 5) is 0. The summed E-state index contributed by atoms with van der Waals surface area (Å²) in [5.41, 5.74) is 0. The molecule has 0 radical (unpaired) electrons. The Balaban J connectivity index is 0.00000128. The van der Waals surface area contributed by atoms with E-state index in [9.17, 15) is 21.6 Å². The molecule has 0 amide bonds. The van der Waals surface area contributed by atoms with Crippen LogP contribution >= 0.6 is 12.4 Å². The third-order valence-electron chi connectivity index (χ3n) is 3.44. The maximum absolute atomic E-state index is 13.0. The van der Waals surface area contributed by atoms with Crippen molar-refractivity contribution in [3.8, 4) is 0 Å². The largest absolute Gasteiger partial charge is 0.409 e. The monoisotopic (exact) mass is 279 g/mol. The van der Waals surface area contributed by atoms with Gasteiger partial charge >= 0.3 is 6.18 Å². The topological polar surface area (TPSA) is 46.2 Å². The van der Waals surface area contributed by atoms with Gasteiger partial charge in [-0.1, -0.05) is 0 Å². The molecule has 0 aromatic carbocycles. The molecule has 16 heavy (non-hydrogen) atoms. The van der Waals surface area contributed by atoms with Gasteiger partial charge in [0.15, 0.2) is 14.6 Å². The molecule has 0 aromatic rings. The predicted molar refractivity (Wildman–Crippen MR) is 55.4 cm³/mol. The Morgan fingerprint density at radius 1 is 1.31 bits per heavy atom. The fourth-order valence-corrected chi connectivity index (χ4v) is 4.94. The van der Waals surface area contributed by atoms with Crippen molar-refractivity contribution < 1.29 is 21.6 Å². The van der Waals surface area contributed by atoms with Crippen molar-refractivity contribution >= 4 is 22.2 Å².